The molecule has 1 heterocycles. The zero-order valence-electron chi connectivity index (χ0n) is 8.50. The van der Waals surface area contributed by atoms with Gasteiger partial charge in [-0.15, -0.1) is 0 Å². The highest BCUT2D eigenvalue weighted by Gasteiger charge is 2.52. The van der Waals surface area contributed by atoms with Crippen LogP contribution in [-0.2, 0) is 19.7 Å². The predicted octanol–water partition coefficient (Wildman–Crippen LogP) is -0.342. The van der Waals surface area contributed by atoms with Gasteiger partial charge in [0.1, 0.15) is 0 Å². The van der Waals surface area contributed by atoms with Gasteiger partial charge < -0.3 is 0 Å². The van der Waals surface area contributed by atoms with Gasteiger partial charge in [0.05, 0.1) is 5.92 Å². The Kier molecular flexibility index (Phi) is 3.15. The summed E-state index contributed by atoms with van der Waals surface area (Å²) in [6.07, 6.45) is 0.214. The number of hydrogen-bond acceptors (Lipinski definition) is 4. The Hall–Kier alpha value is -0.950. The molecular weight excluding hydrogens is 222 g/mol. The second-order valence-corrected chi connectivity index (χ2v) is 4.91. The number of likely N-dealkylation sites (tertiary alicyclic amines) is 1. The third kappa shape index (κ3) is 1.89. The summed E-state index contributed by atoms with van der Waals surface area (Å²) in [7, 11) is -4.50. The van der Waals surface area contributed by atoms with E-state index in [1.165, 1.54) is 0 Å². The normalized spacial score (nSPS) is 27.5. The molecule has 0 saturated carbocycles. The van der Waals surface area contributed by atoms with Crippen LogP contribution in [0.3, 0.4) is 0 Å². The van der Waals surface area contributed by atoms with Crippen molar-refractivity contribution >= 4 is 21.9 Å². The molecule has 0 bridgehead atoms. The Balaban J connectivity index is 3.18. The molecule has 1 N–H and O–H groups in total. The molecule has 86 valence electrons. The Morgan fingerprint density at radius 1 is 1.27 bits per heavy atom. The molecule has 1 saturated heterocycles. The number of imide groups is 1. The smallest absolute Gasteiger partial charge is 0.277 e. The average molecular weight is 235 g/mol. The van der Waals surface area contributed by atoms with E-state index in [2.05, 4.69) is 0 Å². The molecule has 2 amide bonds. The Bertz CT molecular complexity index is 388. The van der Waals surface area contributed by atoms with Crippen molar-refractivity contribution in [3.05, 3.63) is 0 Å². The maximum absolute atomic E-state index is 11.6. The van der Waals surface area contributed by atoms with Gasteiger partial charge in [0.2, 0.25) is 5.91 Å². The van der Waals surface area contributed by atoms with Gasteiger partial charge in [-0.05, 0) is 13.3 Å². The van der Waals surface area contributed by atoms with Crippen LogP contribution in [0.1, 0.15) is 20.3 Å². The number of rotatable bonds is 3. The Morgan fingerprint density at radius 2 is 1.80 bits per heavy atom. The van der Waals surface area contributed by atoms with Crippen LogP contribution in [0.2, 0.25) is 0 Å². The number of carbonyl (C=O) groups is 2. The van der Waals surface area contributed by atoms with Gasteiger partial charge in [0, 0.05) is 6.54 Å². The molecule has 2 unspecified atom stereocenters. The van der Waals surface area contributed by atoms with Crippen molar-refractivity contribution in [3.8, 4) is 0 Å². The number of nitrogens with zero attached hydrogens (tertiary/aromatic N) is 1. The molecule has 0 aliphatic carbocycles. The van der Waals surface area contributed by atoms with Gasteiger partial charge in [-0.1, -0.05) is 6.92 Å². The second-order valence-electron chi connectivity index (χ2n) is 3.37. The fourth-order valence-corrected chi connectivity index (χ4v) is 2.91. The molecule has 0 radical (unpaired) electrons. The van der Waals surface area contributed by atoms with Gasteiger partial charge in [0.15, 0.2) is 5.25 Å². The fraction of sp³-hybridized carbons (Fsp3) is 0.750. The van der Waals surface area contributed by atoms with Crippen LogP contribution >= 0.6 is 0 Å². The quantitative estimate of drug-likeness (QED) is 0.533. The summed E-state index contributed by atoms with van der Waals surface area (Å²) < 4.78 is 30.8. The zero-order chi connectivity index (χ0) is 11.8. The highest BCUT2D eigenvalue weighted by Crippen LogP contribution is 2.27. The fourth-order valence-electron chi connectivity index (χ4n) is 1.80. The van der Waals surface area contributed by atoms with E-state index in [-0.39, 0.29) is 13.0 Å². The molecule has 0 spiro atoms. The molecule has 1 fully saturated rings. The van der Waals surface area contributed by atoms with Gasteiger partial charge in [-0.3, -0.25) is 19.0 Å². The molecule has 6 nitrogen and oxygen atoms in total. The summed E-state index contributed by atoms with van der Waals surface area (Å²) in [6, 6.07) is 0. The highest BCUT2D eigenvalue weighted by molar-refractivity contribution is 7.87. The van der Waals surface area contributed by atoms with Crippen molar-refractivity contribution in [1.29, 1.82) is 0 Å². The van der Waals surface area contributed by atoms with Crippen LogP contribution in [0.4, 0.5) is 0 Å². The first-order valence-corrected chi connectivity index (χ1v) is 6.16. The summed E-state index contributed by atoms with van der Waals surface area (Å²) >= 11 is 0. The van der Waals surface area contributed by atoms with Crippen LogP contribution in [0.25, 0.3) is 0 Å². The predicted molar refractivity (Wildman–Crippen MR) is 51.5 cm³/mol. The second kappa shape index (κ2) is 3.90. The van der Waals surface area contributed by atoms with E-state index in [0.717, 1.165) is 4.90 Å². The minimum Gasteiger partial charge on any atom is -0.285 e. The average Bonchev–Trinajstić information content (AvgIpc) is 2.36. The molecule has 1 rings (SSSR count). The molecule has 1 aliphatic heterocycles. The van der Waals surface area contributed by atoms with E-state index in [1.807, 2.05) is 0 Å². The first-order valence-electron chi connectivity index (χ1n) is 4.66. The summed E-state index contributed by atoms with van der Waals surface area (Å²) in [5.41, 5.74) is 0. The standard InChI is InChI=1S/C8H13NO5S/c1-3-5-6(15(12,13)14)8(11)9(4-2)7(5)10/h5-6H,3-4H2,1-2H3,(H,12,13,14). The van der Waals surface area contributed by atoms with Gasteiger partial charge in [-0.25, -0.2) is 0 Å². The Labute approximate surface area is 88.0 Å². The molecule has 0 aromatic heterocycles. The summed E-state index contributed by atoms with van der Waals surface area (Å²) in [5.74, 6) is -2.29. The molecule has 0 aromatic rings. The zero-order valence-corrected chi connectivity index (χ0v) is 9.32. The van der Waals surface area contributed by atoms with Crippen LogP contribution in [0.15, 0.2) is 0 Å². The van der Waals surface area contributed by atoms with E-state index in [4.69, 9.17) is 4.55 Å². The maximum Gasteiger partial charge on any atom is 0.277 e. The summed E-state index contributed by atoms with van der Waals surface area (Å²) in [5, 5.41) is -1.62. The topological polar surface area (TPSA) is 91.8 Å². The Morgan fingerprint density at radius 3 is 2.07 bits per heavy atom. The van der Waals surface area contributed by atoms with Crippen molar-refractivity contribution in [1.82, 2.24) is 4.90 Å². The first-order chi connectivity index (χ1) is 6.84. The van der Waals surface area contributed by atoms with E-state index >= 15 is 0 Å². The molecule has 15 heavy (non-hydrogen) atoms. The lowest BCUT2D eigenvalue weighted by molar-refractivity contribution is -0.139. The minimum absolute atomic E-state index is 0.125. The molecule has 7 heteroatoms. The molecule has 1 aliphatic rings. The van der Waals surface area contributed by atoms with Gasteiger partial charge in [-0.2, -0.15) is 8.42 Å². The molecule has 2 atom stereocenters. The maximum atomic E-state index is 11.6. The third-order valence-corrected chi connectivity index (χ3v) is 3.71. The lowest BCUT2D eigenvalue weighted by atomic mass is 10.1. The lowest BCUT2D eigenvalue weighted by Gasteiger charge is -2.09. The van der Waals surface area contributed by atoms with E-state index in [1.54, 1.807) is 13.8 Å². The minimum atomic E-state index is -4.50. The largest absolute Gasteiger partial charge is 0.285 e. The first kappa shape index (κ1) is 12.1. The van der Waals surface area contributed by atoms with E-state index in [0.29, 0.717) is 0 Å². The molecular formula is C8H13NO5S. The number of hydrogen-bond donors (Lipinski definition) is 1. The number of carbonyl (C=O) groups excluding carboxylic acids is 2. The summed E-state index contributed by atoms with van der Waals surface area (Å²) in [4.78, 5) is 24.0. The van der Waals surface area contributed by atoms with E-state index in [9.17, 15) is 18.0 Å². The van der Waals surface area contributed by atoms with Crippen LogP contribution in [0.5, 0.6) is 0 Å². The van der Waals surface area contributed by atoms with Crippen molar-refractivity contribution in [3.63, 3.8) is 0 Å². The SMILES string of the molecule is CCC1C(=O)N(CC)C(=O)C1S(=O)(=O)O. The van der Waals surface area contributed by atoms with Crippen molar-refractivity contribution < 1.29 is 22.6 Å². The highest BCUT2D eigenvalue weighted by atomic mass is 32.2. The van der Waals surface area contributed by atoms with Crippen molar-refractivity contribution in [2.45, 2.75) is 25.5 Å². The van der Waals surface area contributed by atoms with Crippen LogP contribution < -0.4 is 0 Å². The number of amides is 2. The van der Waals surface area contributed by atoms with Gasteiger partial charge >= 0.3 is 0 Å². The monoisotopic (exact) mass is 235 g/mol. The van der Waals surface area contributed by atoms with Crippen LogP contribution in [-0.4, -0.2) is 41.5 Å². The van der Waals surface area contributed by atoms with Gasteiger partial charge in [0.25, 0.3) is 16.0 Å². The third-order valence-electron chi connectivity index (χ3n) is 2.54. The lowest BCUT2D eigenvalue weighted by Crippen LogP contribution is -2.35. The van der Waals surface area contributed by atoms with Crippen molar-refractivity contribution in [2.24, 2.45) is 5.92 Å². The van der Waals surface area contributed by atoms with Crippen LogP contribution in [0, 0.1) is 5.92 Å². The molecule has 0 aromatic carbocycles. The summed E-state index contributed by atoms with van der Waals surface area (Å²) in [6.45, 7) is 3.31. The van der Waals surface area contributed by atoms with Crippen molar-refractivity contribution in [2.75, 3.05) is 6.54 Å². The van der Waals surface area contributed by atoms with E-state index < -0.39 is 33.1 Å².